The molecule has 0 heterocycles. The minimum Gasteiger partial charge on any atom is 2.00 e. The number of ether oxygens (including phenoxy) is 1. The summed E-state index contributed by atoms with van der Waals surface area (Å²) >= 11 is 0. The number of rotatable bonds is 18. The minimum atomic E-state index is -1.73. The number of carbonyl (C=O) groups excluding carboxylic acids is 2. The van der Waals surface area contributed by atoms with E-state index in [1.54, 1.807) is 19.3 Å². The summed E-state index contributed by atoms with van der Waals surface area (Å²) < 4.78 is 33.6. The van der Waals surface area contributed by atoms with Gasteiger partial charge in [-0.15, -0.1) is 0 Å². The summed E-state index contributed by atoms with van der Waals surface area (Å²) in [6.45, 7) is 25.7. The number of Topliss-reactive ketones (excluding diaryl/α,β-unsaturated/α-hetero) is 1. The standard InChI is InChI=1S/C22H38O4Si.3CO.Fe/c1-6-8-10-12-16-22(26-27(3,4)5)18-20(24)14-13-17-21(25-19-23)15-11-9-7-2;3*1-2;/h12-14,16-17,21-22H,6-11,15,18H2,1-5H3;;;;/q-1;;;;+2/b16-12+;;;;/t21-,22+;;;;/m1..../s1. The van der Waals surface area contributed by atoms with Crippen molar-refractivity contribution in [2.24, 2.45) is 0 Å². The van der Waals surface area contributed by atoms with E-state index in [4.69, 9.17) is 23.1 Å². The fraction of sp³-hybridized carbons (Fsp3) is 0.600. The van der Waals surface area contributed by atoms with E-state index in [2.05, 4.69) is 59.5 Å². The van der Waals surface area contributed by atoms with Gasteiger partial charge in [-0.3, -0.25) is 4.79 Å². The van der Waals surface area contributed by atoms with Crippen LogP contribution in [-0.4, -0.2) is 32.8 Å². The SMILES string of the molecule is CCCC/C=C/[C@@H](CC(=O)[CH][CH][CH][C@@H](CCCCC)O[C-]=O)O[Si](C)(C)C.[C-]#[O+].[C-]#[O+].[C-]#[O+].[Fe+2]. The summed E-state index contributed by atoms with van der Waals surface area (Å²) in [5.41, 5.74) is 0. The first kappa shape index (κ1) is 42.9. The van der Waals surface area contributed by atoms with Gasteiger partial charge in [-0.2, -0.15) is 0 Å². The molecule has 0 rings (SSSR count). The second-order valence-electron chi connectivity index (χ2n) is 7.80. The minimum absolute atomic E-state index is 0. The summed E-state index contributed by atoms with van der Waals surface area (Å²) in [6.07, 6.45) is 16.2. The van der Waals surface area contributed by atoms with Crippen LogP contribution >= 0.6 is 0 Å². The molecule has 191 valence electrons. The Morgan fingerprint density at radius 3 is 2.00 bits per heavy atom. The Hall–Kier alpha value is -1.20. The quantitative estimate of drug-likeness (QED) is 0.0766. The number of hydrogen-bond acceptors (Lipinski definition) is 4. The molecule has 0 aromatic carbocycles. The molecule has 0 fully saturated rings. The smallest absolute Gasteiger partial charge is 2.00 e. The molecular formula is C25H38FeO7Si+. The summed E-state index contributed by atoms with van der Waals surface area (Å²) in [5.74, 6) is 0.0111. The summed E-state index contributed by atoms with van der Waals surface area (Å²) in [4.78, 5) is 22.8. The van der Waals surface area contributed by atoms with Crippen LogP contribution in [0.1, 0.15) is 65.2 Å². The zero-order chi connectivity index (χ0) is 26.5. The van der Waals surface area contributed by atoms with Crippen LogP contribution in [0.5, 0.6) is 0 Å². The molecule has 0 aliphatic heterocycles. The maximum Gasteiger partial charge on any atom is 2.00 e. The van der Waals surface area contributed by atoms with E-state index in [1.165, 1.54) is 6.47 Å². The monoisotopic (exact) mass is 534 g/mol. The van der Waals surface area contributed by atoms with Crippen molar-refractivity contribution in [1.29, 1.82) is 0 Å². The molecule has 0 saturated carbocycles. The molecule has 0 spiro atoms. The van der Waals surface area contributed by atoms with E-state index < -0.39 is 8.32 Å². The van der Waals surface area contributed by atoms with Crippen molar-refractivity contribution in [3.63, 3.8) is 0 Å². The van der Waals surface area contributed by atoms with E-state index in [0.29, 0.717) is 6.42 Å². The second kappa shape index (κ2) is 34.0. The Balaban J connectivity index is -0.000000368. The van der Waals surface area contributed by atoms with Crippen LogP contribution in [0.25, 0.3) is 0 Å². The first-order valence-corrected chi connectivity index (χ1v) is 14.3. The van der Waals surface area contributed by atoms with Crippen LogP contribution in [-0.2, 0) is 49.8 Å². The predicted molar refractivity (Wildman–Crippen MR) is 126 cm³/mol. The molecule has 3 radical (unpaired) electrons. The Bertz CT molecular complexity index is 525. The first-order chi connectivity index (χ1) is 15.8. The van der Waals surface area contributed by atoms with Crippen LogP contribution < -0.4 is 0 Å². The molecule has 34 heavy (non-hydrogen) atoms. The van der Waals surface area contributed by atoms with Crippen molar-refractivity contribution in [3.8, 4) is 0 Å². The molecule has 9 heteroatoms. The number of ketones is 1. The Morgan fingerprint density at radius 2 is 1.53 bits per heavy atom. The van der Waals surface area contributed by atoms with Crippen LogP contribution in [0.4, 0.5) is 0 Å². The van der Waals surface area contributed by atoms with Gasteiger partial charge in [0.15, 0.2) is 8.32 Å². The maximum absolute atomic E-state index is 12.3. The third-order valence-corrected chi connectivity index (χ3v) is 4.89. The number of allylic oxidation sites excluding steroid dienone is 1. The molecule has 7 nitrogen and oxygen atoms in total. The van der Waals surface area contributed by atoms with Gasteiger partial charge in [-0.05, 0) is 45.3 Å². The molecule has 0 aromatic heterocycles. The van der Waals surface area contributed by atoms with E-state index in [9.17, 15) is 9.59 Å². The molecule has 0 unspecified atom stereocenters. The summed E-state index contributed by atoms with van der Waals surface area (Å²) in [7, 11) is -1.73. The Labute approximate surface area is 218 Å². The van der Waals surface area contributed by atoms with Gasteiger partial charge in [0, 0.05) is 19.3 Å². The van der Waals surface area contributed by atoms with Gasteiger partial charge >= 0.3 is 51.0 Å². The van der Waals surface area contributed by atoms with Gasteiger partial charge in [0.1, 0.15) is 5.78 Å². The number of hydrogen-bond donors (Lipinski definition) is 0. The molecule has 0 amide bonds. The van der Waals surface area contributed by atoms with E-state index in [0.717, 1.165) is 44.9 Å². The van der Waals surface area contributed by atoms with Crippen LogP contribution in [0, 0.1) is 39.2 Å². The average Bonchev–Trinajstić information content (AvgIpc) is 2.80. The zero-order valence-electron chi connectivity index (χ0n) is 20.9. The second-order valence-corrected chi connectivity index (χ2v) is 12.3. The molecule has 0 aliphatic rings. The summed E-state index contributed by atoms with van der Waals surface area (Å²) in [5, 5.41) is 0. The van der Waals surface area contributed by atoms with Crippen LogP contribution in [0.3, 0.4) is 0 Å². The van der Waals surface area contributed by atoms with Gasteiger partial charge in [-0.1, -0.05) is 58.2 Å². The Kier molecular flexibility index (Phi) is 42.9. The average molecular weight is 535 g/mol. The third kappa shape index (κ3) is 35.4. The van der Waals surface area contributed by atoms with Crippen molar-refractivity contribution in [2.75, 3.05) is 0 Å². The zero-order valence-corrected chi connectivity index (χ0v) is 23.0. The largest absolute Gasteiger partial charge is 2.00 e. The molecule has 2 atom stereocenters. The Morgan fingerprint density at radius 1 is 0.971 bits per heavy atom. The summed E-state index contributed by atoms with van der Waals surface area (Å²) in [6, 6.07) is 0. The van der Waals surface area contributed by atoms with Crippen molar-refractivity contribution in [3.05, 3.63) is 51.4 Å². The number of carbonyl (C=O) groups is 1. The normalized spacial score (nSPS) is 11.5. The molecular weight excluding hydrogens is 496 g/mol. The van der Waals surface area contributed by atoms with Crippen molar-refractivity contribution in [1.82, 2.24) is 0 Å². The van der Waals surface area contributed by atoms with Gasteiger partial charge in [-0.25, -0.2) is 0 Å². The van der Waals surface area contributed by atoms with E-state index in [1.807, 2.05) is 6.08 Å². The molecule has 0 aliphatic carbocycles. The van der Waals surface area contributed by atoms with E-state index in [-0.39, 0.29) is 35.1 Å². The van der Waals surface area contributed by atoms with Crippen molar-refractivity contribution >= 4 is 20.6 Å². The molecule has 0 bridgehead atoms. The van der Waals surface area contributed by atoms with Gasteiger partial charge < -0.3 is 14.0 Å². The predicted octanol–water partition coefficient (Wildman–Crippen LogP) is 5.44. The van der Waals surface area contributed by atoms with Crippen molar-refractivity contribution < 1.29 is 49.8 Å². The third-order valence-electron chi connectivity index (χ3n) is 3.88. The molecule has 0 aromatic rings. The van der Waals surface area contributed by atoms with Gasteiger partial charge in [0.25, 0.3) is 0 Å². The van der Waals surface area contributed by atoms with Crippen LogP contribution in [0.15, 0.2) is 12.2 Å². The van der Waals surface area contributed by atoms with Crippen LogP contribution in [0.2, 0.25) is 19.6 Å². The first-order valence-electron chi connectivity index (χ1n) is 10.8. The fourth-order valence-electron chi connectivity index (χ4n) is 2.58. The molecule has 0 saturated heterocycles. The topological polar surface area (TPSA) is 112 Å². The number of unbranched alkanes of at least 4 members (excludes halogenated alkanes) is 4. The molecule has 0 N–H and O–H groups in total. The fourth-order valence-corrected chi connectivity index (χ4v) is 3.65. The van der Waals surface area contributed by atoms with Gasteiger partial charge in [0.05, 0.1) is 12.2 Å². The van der Waals surface area contributed by atoms with Gasteiger partial charge in [0.2, 0.25) is 0 Å². The van der Waals surface area contributed by atoms with Crippen molar-refractivity contribution in [2.45, 2.75) is 97.1 Å². The maximum atomic E-state index is 12.3. The van der Waals surface area contributed by atoms with E-state index >= 15 is 0 Å².